The third-order valence-corrected chi connectivity index (χ3v) is 2.74. The third-order valence-electron chi connectivity index (χ3n) is 2.74. The number of hydrogen-bond acceptors (Lipinski definition) is 4. The van der Waals surface area contributed by atoms with Crippen LogP contribution in [0.2, 0.25) is 0 Å². The molecule has 1 aromatic carbocycles. The van der Waals surface area contributed by atoms with Gasteiger partial charge in [0.1, 0.15) is 18.7 Å². The zero-order valence-corrected chi connectivity index (χ0v) is 10.6. The van der Waals surface area contributed by atoms with Crippen molar-refractivity contribution in [2.45, 2.75) is 20.5 Å². The van der Waals surface area contributed by atoms with Gasteiger partial charge in [0.25, 0.3) is 0 Å². The smallest absolute Gasteiger partial charge is 0.170 e. The van der Waals surface area contributed by atoms with Crippen LogP contribution in [-0.2, 0) is 13.7 Å². The molecule has 0 spiro atoms. The molecule has 0 aliphatic rings. The predicted octanol–water partition coefficient (Wildman–Crippen LogP) is 1.88. The fraction of sp³-hybridized carbons (Fsp3) is 0.308. The van der Waals surface area contributed by atoms with Crippen molar-refractivity contribution in [1.82, 2.24) is 14.8 Å². The number of nitriles is 1. The van der Waals surface area contributed by atoms with Crippen LogP contribution in [-0.4, -0.2) is 14.8 Å². The molecule has 0 radical (unpaired) electrons. The van der Waals surface area contributed by atoms with Crippen LogP contribution in [0.4, 0.5) is 0 Å². The SMILES string of the molecule is Cc1cc(C#N)cc(C)c1OCc1nncn1C. The van der Waals surface area contributed by atoms with Gasteiger partial charge in [-0.3, -0.25) is 0 Å². The second-order valence-electron chi connectivity index (χ2n) is 4.20. The maximum atomic E-state index is 8.88. The van der Waals surface area contributed by atoms with E-state index < -0.39 is 0 Å². The highest BCUT2D eigenvalue weighted by Gasteiger charge is 2.08. The van der Waals surface area contributed by atoms with Crippen LogP contribution in [0, 0.1) is 25.2 Å². The average molecular weight is 242 g/mol. The molecule has 0 aliphatic heterocycles. The minimum Gasteiger partial charge on any atom is -0.485 e. The Morgan fingerprint density at radius 1 is 1.33 bits per heavy atom. The molecule has 2 aromatic rings. The molecule has 5 nitrogen and oxygen atoms in total. The van der Waals surface area contributed by atoms with Crippen LogP contribution < -0.4 is 4.74 Å². The monoisotopic (exact) mass is 242 g/mol. The molecule has 0 atom stereocenters. The van der Waals surface area contributed by atoms with Gasteiger partial charge >= 0.3 is 0 Å². The Morgan fingerprint density at radius 2 is 2.00 bits per heavy atom. The highest BCUT2D eigenvalue weighted by molar-refractivity contribution is 5.47. The maximum Gasteiger partial charge on any atom is 0.170 e. The summed E-state index contributed by atoms with van der Waals surface area (Å²) in [4.78, 5) is 0. The van der Waals surface area contributed by atoms with E-state index in [9.17, 15) is 0 Å². The molecular formula is C13H14N4O. The van der Waals surface area contributed by atoms with E-state index in [1.807, 2.05) is 37.6 Å². The van der Waals surface area contributed by atoms with Gasteiger partial charge in [0.05, 0.1) is 11.6 Å². The van der Waals surface area contributed by atoms with Crippen molar-refractivity contribution < 1.29 is 4.74 Å². The van der Waals surface area contributed by atoms with Gasteiger partial charge in [-0.05, 0) is 37.1 Å². The average Bonchev–Trinajstić information content (AvgIpc) is 2.73. The van der Waals surface area contributed by atoms with Gasteiger partial charge in [-0.15, -0.1) is 10.2 Å². The lowest BCUT2D eigenvalue weighted by atomic mass is 10.1. The summed E-state index contributed by atoms with van der Waals surface area (Å²) in [5.41, 5.74) is 2.55. The van der Waals surface area contributed by atoms with Crippen LogP contribution in [0.3, 0.4) is 0 Å². The summed E-state index contributed by atoms with van der Waals surface area (Å²) in [5, 5.41) is 16.6. The first-order valence-corrected chi connectivity index (χ1v) is 5.59. The van der Waals surface area contributed by atoms with E-state index in [1.165, 1.54) is 0 Å². The van der Waals surface area contributed by atoms with E-state index in [0.29, 0.717) is 12.2 Å². The van der Waals surface area contributed by atoms with Crippen molar-refractivity contribution in [1.29, 1.82) is 5.26 Å². The highest BCUT2D eigenvalue weighted by atomic mass is 16.5. The first-order valence-electron chi connectivity index (χ1n) is 5.59. The zero-order valence-electron chi connectivity index (χ0n) is 10.6. The summed E-state index contributed by atoms with van der Waals surface area (Å²) in [6.45, 7) is 4.23. The number of aromatic nitrogens is 3. The van der Waals surface area contributed by atoms with Crippen molar-refractivity contribution in [2.75, 3.05) is 0 Å². The molecule has 0 saturated heterocycles. The van der Waals surface area contributed by atoms with Crippen molar-refractivity contribution in [3.8, 4) is 11.8 Å². The van der Waals surface area contributed by atoms with E-state index >= 15 is 0 Å². The summed E-state index contributed by atoms with van der Waals surface area (Å²) in [5.74, 6) is 1.56. The lowest BCUT2D eigenvalue weighted by Gasteiger charge is -2.12. The van der Waals surface area contributed by atoms with E-state index in [2.05, 4.69) is 16.3 Å². The van der Waals surface area contributed by atoms with E-state index in [0.717, 1.165) is 22.7 Å². The Labute approximate surface area is 106 Å². The van der Waals surface area contributed by atoms with Crippen LogP contribution in [0.25, 0.3) is 0 Å². The van der Waals surface area contributed by atoms with E-state index in [1.54, 1.807) is 6.33 Å². The minimum atomic E-state index is 0.365. The largest absolute Gasteiger partial charge is 0.485 e. The zero-order chi connectivity index (χ0) is 13.1. The summed E-state index contributed by atoms with van der Waals surface area (Å²) in [6, 6.07) is 5.77. The Kier molecular flexibility index (Phi) is 3.28. The Balaban J connectivity index is 2.20. The summed E-state index contributed by atoms with van der Waals surface area (Å²) < 4.78 is 7.57. The molecule has 92 valence electrons. The van der Waals surface area contributed by atoms with Gasteiger partial charge in [0.2, 0.25) is 0 Å². The standard InChI is InChI=1S/C13H14N4O/c1-9-4-11(6-14)5-10(2)13(9)18-7-12-16-15-8-17(12)3/h4-5,8H,7H2,1-3H3. The normalized spacial score (nSPS) is 10.1. The quantitative estimate of drug-likeness (QED) is 0.824. The van der Waals surface area contributed by atoms with Crippen molar-refractivity contribution in [3.05, 3.63) is 41.0 Å². The third kappa shape index (κ3) is 2.33. The molecule has 2 rings (SSSR count). The summed E-state index contributed by atoms with van der Waals surface area (Å²) >= 11 is 0. The lowest BCUT2D eigenvalue weighted by Crippen LogP contribution is -2.05. The molecule has 0 saturated carbocycles. The minimum absolute atomic E-state index is 0.365. The van der Waals surface area contributed by atoms with E-state index in [4.69, 9.17) is 10.00 Å². The number of nitrogens with zero attached hydrogens (tertiary/aromatic N) is 4. The maximum absolute atomic E-state index is 8.88. The summed E-state index contributed by atoms with van der Waals surface area (Å²) in [6.07, 6.45) is 1.64. The number of aryl methyl sites for hydroxylation is 3. The molecule has 0 fully saturated rings. The van der Waals surface area contributed by atoms with Crippen molar-refractivity contribution in [2.24, 2.45) is 7.05 Å². The molecule has 0 bridgehead atoms. The fourth-order valence-corrected chi connectivity index (χ4v) is 1.82. The van der Waals surface area contributed by atoms with Gasteiger partial charge in [-0.1, -0.05) is 0 Å². The Bertz CT molecular complexity index is 587. The first-order chi connectivity index (χ1) is 8.61. The first kappa shape index (κ1) is 12.1. The number of hydrogen-bond donors (Lipinski definition) is 0. The predicted molar refractivity (Wildman–Crippen MR) is 66.0 cm³/mol. The van der Waals surface area contributed by atoms with Gasteiger partial charge < -0.3 is 9.30 Å². The van der Waals surface area contributed by atoms with E-state index in [-0.39, 0.29) is 0 Å². The van der Waals surface area contributed by atoms with Gasteiger partial charge in [-0.25, -0.2) is 0 Å². The van der Waals surface area contributed by atoms with Crippen LogP contribution >= 0.6 is 0 Å². The molecule has 0 N–H and O–H groups in total. The van der Waals surface area contributed by atoms with Crippen LogP contribution in [0.5, 0.6) is 5.75 Å². The fourth-order valence-electron chi connectivity index (χ4n) is 1.82. The molecule has 1 aromatic heterocycles. The second-order valence-corrected chi connectivity index (χ2v) is 4.20. The number of benzene rings is 1. The number of rotatable bonds is 3. The van der Waals surface area contributed by atoms with Crippen molar-refractivity contribution >= 4 is 0 Å². The van der Waals surface area contributed by atoms with Crippen molar-refractivity contribution in [3.63, 3.8) is 0 Å². The number of ether oxygens (including phenoxy) is 1. The van der Waals surface area contributed by atoms with Gasteiger partial charge in [0.15, 0.2) is 5.82 Å². The molecule has 5 heteroatoms. The molecule has 0 aliphatic carbocycles. The second kappa shape index (κ2) is 4.88. The molecule has 0 amide bonds. The topological polar surface area (TPSA) is 63.7 Å². The Hall–Kier alpha value is -2.35. The Morgan fingerprint density at radius 3 is 2.50 bits per heavy atom. The molecule has 1 heterocycles. The van der Waals surface area contributed by atoms with Crippen LogP contribution in [0.1, 0.15) is 22.5 Å². The van der Waals surface area contributed by atoms with Gasteiger partial charge in [0, 0.05) is 7.05 Å². The molecule has 18 heavy (non-hydrogen) atoms. The van der Waals surface area contributed by atoms with Gasteiger partial charge in [-0.2, -0.15) is 5.26 Å². The lowest BCUT2D eigenvalue weighted by molar-refractivity contribution is 0.287. The molecular weight excluding hydrogens is 228 g/mol. The molecule has 0 unspecified atom stereocenters. The van der Waals surface area contributed by atoms with Crippen LogP contribution in [0.15, 0.2) is 18.5 Å². The highest BCUT2D eigenvalue weighted by Crippen LogP contribution is 2.25. The summed E-state index contributed by atoms with van der Waals surface area (Å²) in [7, 11) is 1.87.